The third-order valence-electron chi connectivity index (χ3n) is 4.31. The molecular formula is C14H21N5O2. The first-order valence-corrected chi connectivity index (χ1v) is 7.56. The number of nitrogen functional groups attached to an aromatic ring is 1. The first-order chi connectivity index (χ1) is 10.1. The Morgan fingerprint density at radius 2 is 2.10 bits per heavy atom. The van der Waals surface area contributed by atoms with Crippen LogP contribution < -0.4 is 16.6 Å². The van der Waals surface area contributed by atoms with Crippen LogP contribution in [0.1, 0.15) is 43.4 Å². The van der Waals surface area contributed by atoms with E-state index < -0.39 is 0 Å². The van der Waals surface area contributed by atoms with Gasteiger partial charge >= 0.3 is 6.03 Å². The van der Waals surface area contributed by atoms with Crippen molar-refractivity contribution >= 4 is 12.0 Å². The second-order valence-electron chi connectivity index (χ2n) is 5.83. The summed E-state index contributed by atoms with van der Waals surface area (Å²) in [4.78, 5) is 32.5. The van der Waals surface area contributed by atoms with Crippen molar-refractivity contribution < 1.29 is 4.79 Å². The van der Waals surface area contributed by atoms with Crippen molar-refractivity contribution in [1.29, 1.82) is 0 Å². The molecule has 0 bridgehead atoms. The highest BCUT2D eigenvalue weighted by atomic mass is 16.2. The van der Waals surface area contributed by atoms with Crippen molar-refractivity contribution in [2.75, 3.05) is 12.3 Å². The minimum Gasteiger partial charge on any atom is -0.369 e. The fraction of sp³-hybridized carbons (Fsp3) is 0.643. The van der Waals surface area contributed by atoms with E-state index in [4.69, 9.17) is 5.73 Å². The van der Waals surface area contributed by atoms with Crippen molar-refractivity contribution in [3.63, 3.8) is 0 Å². The topological polar surface area (TPSA) is 104 Å². The van der Waals surface area contributed by atoms with Crippen LogP contribution in [0.5, 0.6) is 0 Å². The maximum atomic E-state index is 12.3. The molecule has 2 aliphatic rings. The molecule has 1 fully saturated rings. The number of H-pyrrole nitrogens is 1. The van der Waals surface area contributed by atoms with E-state index >= 15 is 0 Å². The molecule has 0 spiro atoms. The van der Waals surface area contributed by atoms with Gasteiger partial charge < -0.3 is 16.0 Å². The zero-order valence-corrected chi connectivity index (χ0v) is 12.0. The molecule has 114 valence electrons. The number of hydrogen-bond acceptors (Lipinski definition) is 4. The van der Waals surface area contributed by atoms with E-state index in [1.165, 1.54) is 19.3 Å². The van der Waals surface area contributed by atoms with Crippen molar-refractivity contribution in [1.82, 2.24) is 20.2 Å². The number of rotatable bonds is 1. The van der Waals surface area contributed by atoms with Crippen LogP contribution in [0, 0.1) is 0 Å². The first kappa shape index (κ1) is 13.9. The third-order valence-corrected chi connectivity index (χ3v) is 4.31. The lowest BCUT2D eigenvalue weighted by Crippen LogP contribution is -2.48. The number of carbonyl (C=O) groups is 1. The smallest absolute Gasteiger partial charge is 0.317 e. The van der Waals surface area contributed by atoms with E-state index in [9.17, 15) is 9.59 Å². The summed E-state index contributed by atoms with van der Waals surface area (Å²) in [7, 11) is 0. The number of urea groups is 1. The second-order valence-corrected chi connectivity index (χ2v) is 5.83. The molecule has 1 aromatic heterocycles. The van der Waals surface area contributed by atoms with E-state index in [0.717, 1.165) is 12.8 Å². The molecule has 0 unspecified atom stereocenters. The summed E-state index contributed by atoms with van der Waals surface area (Å²) in [5.74, 6) is 0.105. The van der Waals surface area contributed by atoms with Gasteiger partial charge in [-0.2, -0.15) is 0 Å². The second kappa shape index (κ2) is 5.75. The van der Waals surface area contributed by atoms with Gasteiger partial charge in [-0.25, -0.2) is 9.78 Å². The summed E-state index contributed by atoms with van der Waals surface area (Å²) in [6, 6.07) is 0.220. The Labute approximate surface area is 122 Å². The molecule has 7 nitrogen and oxygen atoms in total. The monoisotopic (exact) mass is 291 g/mol. The fourth-order valence-corrected chi connectivity index (χ4v) is 3.15. The van der Waals surface area contributed by atoms with Crippen LogP contribution in [0.25, 0.3) is 0 Å². The molecule has 7 heteroatoms. The molecule has 4 N–H and O–H groups in total. The number of nitrogens with zero attached hydrogens (tertiary/aromatic N) is 2. The number of aromatic amines is 1. The zero-order chi connectivity index (χ0) is 14.8. The van der Waals surface area contributed by atoms with Crippen molar-refractivity contribution in [2.24, 2.45) is 0 Å². The molecule has 1 aliphatic heterocycles. The predicted molar refractivity (Wildman–Crippen MR) is 78.8 cm³/mol. The molecule has 1 aliphatic carbocycles. The van der Waals surface area contributed by atoms with E-state index in [0.29, 0.717) is 30.8 Å². The van der Waals surface area contributed by atoms with Crippen LogP contribution in [-0.4, -0.2) is 33.5 Å². The van der Waals surface area contributed by atoms with E-state index in [1.54, 1.807) is 4.90 Å². The summed E-state index contributed by atoms with van der Waals surface area (Å²) in [6.07, 6.45) is 6.26. The Hall–Kier alpha value is -2.05. The SMILES string of the molecule is Nc1nc2c(c(=O)[nH]1)CCN(C(=O)NC1CCCCC1)C2. The lowest BCUT2D eigenvalue weighted by Gasteiger charge is -2.31. The van der Waals surface area contributed by atoms with Gasteiger partial charge in [0.25, 0.3) is 5.56 Å². The first-order valence-electron chi connectivity index (χ1n) is 7.56. The quantitative estimate of drug-likeness (QED) is 0.710. The minimum absolute atomic E-state index is 0.0618. The van der Waals surface area contributed by atoms with Gasteiger partial charge in [0.2, 0.25) is 5.95 Å². The van der Waals surface area contributed by atoms with Gasteiger partial charge in [-0.15, -0.1) is 0 Å². The minimum atomic E-state index is -0.190. The van der Waals surface area contributed by atoms with Crippen LogP contribution in [-0.2, 0) is 13.0 Å². The van der Waals surface area contributed by atoms with Crippen LogP contribution in [0.2, 0.25) is 0 Å². The van der Waals surface area contributed by atoms with E-state index in [-0.39, 0.29) is 23.6 Å². The predicted octanol–water partition coefficient (Wildman–Crippen LogP) is 0.752. The average Bonchev–Trinajstić information content (AvgIpc) is 2.47. The Morgan fingerprint density at radius 1 is 1.33 bits per heavy atom. The maximum absolute atomic E-state index is 12.3. The van der Waals surface area contributed by atoms with E-state index in [1.807, 2.05) is 0 Å². The highest BCUT2D eigenvalue weighted by Crippen LogP contribution is 2.19. The summed E-state index contributed by atoms with van der Waals surface area (Å²) in [5.41, 5.74) is 6.63. The summed E-state index contributed by atoms with van der Waals surface area (Å²) < 4.78 is 0. The van der Waals surface area contributed by atoms with Gasteiger partial charge in [-0.1, -0.05) is 19.3 Å². The fourth-order valence-electron chi connectivity index (χ4n) is 3.15. The van der Waals surface area contributed by atoms with Crippen molar-refractivity contribution in [3.8, 4) is 0 Å². The summed E-state index contributed by atoms with van der Waals surface area (Å²) in [5, 5.41) is 3.09. The largest absolute Gasteiger partial charge is 0.369 e. The van der Waals surface area contributed by atoms with Crippen LogP contribution in [0.15, 0.2) is 4.79 Å². The maximum Gasteiger partial charge on any atom is 0.317 e. The summed E-state index contributed by atoms with van der Waals surface area (Å²) in [6.45, 7) is 0.891. The number of carbonyl (C=O) groups excluding carboxylic acids is 1. The average molecular weight is 291 g/mol. The molecular weight excluding hydrogens is 270 g/mol. The number of nitrogens with one attached hydrogen (secondary N) is 2. The third kappa shape index (κ3) is 3.01. The van der Waals surface area contributed by atoms with Gasteiger partial charge in [0.15, 0.2) is 0 Å². The lowest BCUT2D eigenvalue weighted by atomic mass is 9.96. The van der Waals surface area contributed by atoms with E-state index in [2.05, 4.69) is 15.3 Å². The lowest BCUT2D eigenvalue weighted by molar-refractivity contribution is 0.183. The number of fused-ring (bicyclic) bond motifs is 1. The molecule has 1 aromatic rings. The highest BCUT2D eigenvalue weighted by molar-refractivity contribution is 5.74. The Balaban J connectivity index is 1.67. The van der Waals surface area contributed by atoms with Gasteiger partial charge in [0.05, 0.1) is 12.2 Å². The van der Waals surface area contributed by atoms with Crippen LogP contribution in [0.4, 0.5) is 10.7 Å². The van der Waals surface area contributed by atoms with Gasteiger partial charge in [-0.05, 0) is 19.3 Å². The molecule has 1 saturated carbocycles. The van der Waals surface area contributed by atoms with Crippen LogP contribution >= 0.6 is 0 Å². The number of anilines is 1. The molecule has 0 aromatic carbocycles. The normalized spacial score (nSPS) is 19.1. The molecule has 0 saturated heterocycles. The number of aromatic nitrogens is 2. The van der Waals surface area contributed by atoms with Crippen LogP contribution in [0.3, 0.4) is 0 Å². The van der Waals surface area contributed by atoms with Gasteiger partial charge in [0.1, 0.15) is 0 Å². The molecule has 2 heterocycles. The standard InChI is InChI=1S/C14H21N5O2/c15-13-17-11-8-19(7-6-10(11)12(20)18-13)14(21)16-9-4-2-1-3-5-9/h9H,1-8H2,(H,16,21)(H3,15,17,18,20). The molecule has 0 atom stereocenters. The van der Waals surface area contributed by atoms with Crippen molar-refractivity contribution in [2.45, 2.75) is 51.1 Å². The van der Waals surface area contributed by atoms with Crippen molar-refractivity contribution in [3.05, 3.63) is 21.6 Å². The highest BCUT2D eigenvalue weighted by Gasteiger charge is 2.26. The Bertz CT molecular complexity index is 592. The number of amides is 2. The van der Waals surface area contributed by atoms with Gasteiger partial charge in [-0.3, -0.25) is 9.78 Å². The molecule has 2 amide bonds. The Kier molecular flexibility index (Phi) is 3.81. The molecule has 21 heavy (non-hydrogen) atoms. The number of hydrogen-bond donors (Lipinski definition) is 3. The number of nitrogens with two attached hydrogens (primary N) is 1. The summed E-state index contributed by atoms with van der Waals surface area (Å²) >= 11 is 0. The Morgan fingerprint density at radius 3 is 2.86 bits per heavy atom. The zero-order valence-electron chi connectivity index (χ0n) is 12.0. The molecule has 0 radical (unpaired) electrons. The molecule has 3 rings (SSSR count). The van der Waals surface area contributed by atoms with Gasteiger partial charge in [0, 0.05) is 18.2 Å².